The fourth-order valence-corrected chi connectivity index (χ4v) is 2.92. The summed E-state index contributed by atoms with van der Waals surface area (Å²) in [5.74, 6) is -2.57. The molecule has 2 atom stereocenters. The molecule has 0 bridgehead atoms. The van der Waals surface area contributed by atoms with Gasteiger partial charge in [0.1, 0.15) is 0 Å². The monoisotopic (exact) mass is 520 g/mol. The summed E-state index contributed by atoms with van der Waals surface area (Å²) in [5.41, 5.74) is 11.9. The molecule has 0 amide bonds. The van der Waals surface area contributed by atoms with Crippen LogP contribution in [0.1, 0.15) is 26.7 Å². The van der Waals surface area contributed by atoms with Crippen molar-refractivity contribution in [2.24, 2.45) is 11.7 Å². The van der Waals surface area contributed by atoms with Crippen LogP contribution in [0.2, 0.25) is 0 Å². The number of aliphatic carboxylic acids is 2. The van der Waals surface area contributed by atoms with E-state index in [2.05, 4.69) is 34.0 Å². The number of ether oxygens (including phenoxy) is 1. The van der Waals surface area contributed by atoms with Crippen molar-refractivity contribution in [1.82, 2.24) is 9.97 Å². The van der Waals surface area contributed by atoms with Crippen molar-refractivity contribution in [1.29, 1.82) is 0 Å². The lowest BCUT2D eigenvalue weighted by Crippen LogP contribution is -2.28. The average molecular weight is 520 g/mol. The van der Waals surface area contributed by atoms with Gasteiger partial charge in [-0.3, -0.25) is 0 Å². The number of fused-ring (bicyclic) bond motifs is 1. The number of aromatic nitrogens is 2. The molecule has 11 nitrogen and oxygen atoms in total. The standard InChI is InChI=1S/C14H24N6O.2C2HF3O2/c1-8(2)10-4-6-21-11-12(17-10)18-14(16)19-13(11)20-5-3-9(15)7-20;2*3-2(4,5)1(6)7/h8-10H,3-7,15H2,1-2H3,(H3,16,17,18,19);2*(H,6,7)/t9-,10+;;/m1../s1. The summed E-state index contributed by atoms with van der Waals surface area (Å²) in [6.45, 7) is 6.69. The van der Waals surface area contributed by atoms with Gasteiger partial charge in [-0.1, -0.05) is 13.8 Å². The van der Waals surface area contributed by atoms with E-state index in [1.807, 2.05) is 0 Å². The Morgan fingerprint density at radius 3 is 2.00 bits per heavy atom. The number of rotatable bonds is 2. The zero-order chi connectivity index (χ0) is 27.1. The number of carboxylic acid groups (broad SMARTS) is 2. The summed E-state index contributed by atoms with van der Waals surface area (Å²) in [5, 5.41) is 17.7. The van der Waals surface area contributed by atoms with Crippen LogP contribution in [0.25, 0.3) is 0 Å². The molecule has 7 N–H and O–H groups in total. The summed E-state index contributed by atoms with van der Waals surface area (Å²) >= 11 is 0. The third-order valence-electron chi connectivity index (χ3n) is 4.68. The average Bonchev–Trinajstić information content (AvgIpc) is 3.01. The van der Waals surface area contributed by atoms with Crippen LogP contribution in [0, 0.1) is 5.92 Å². The highest BCUT2D eigenvalue weighted by Crippen LogP contribution is 2.38. The highest BCUT2D eigenvalue weighted by atomic mass is 19.4. The van der Waals surface area contributed by atoms with Gasteiger partial charge in [-0.25, -0.2) is 9.59 Å². The van der Waals surface area contributed by atoms with Crippen LogP contribution in [0.4, 0.5) is 43.9 Å². The summed E-state index contributed by atoms with van der Waals surface area (Å²) in [4.78, 5) is 28.6. The second-order valence-electron chi connectivity index (χ2n) is 7.82. The molecule has 0 unspecified atom stereocenters. The maximum Gasteiger partial charge on any atom is 0.490 e. The smallest absolute Gasteiger partial charge is 0.486 e. The van der Waals surface area contributed by atoms with E-state index in [9.17, 15) is 26.3 Å². The molecule has 200 valence electrons. The van der Waals surface area contributed by atoms with E-state index in [4.69, 9.17) is 36.0 Å². The third kappa shape index (κ3) is 9.50. The topological polar surface area (TPSA) is 177 Å². The molecule has 0 aromatic carbocycles. The molecule has 35 heavy (non-hydrogen) atoms. The number of hydrogen-bond donors (Lipinski definition) is 5. The van der Waals surface area contributed by atoms with Crippen LogP contribution in [0.3, 0.4) is 0 Å². The molecule has 1 saturated heterocycles. The predicted molar refractivity (Wildman–Crippen MR) is 111 cm³/mol. The summed E-state index contributed by atoms with van der Waals surface area (Å²) in [7, 11) is 0. The maximum absolute atomic E-state index is 10.6. The quantitative estimate of drug-likeness (QED) is 0.361. The molecule has 17 heteroatoms. The van der Waals surface area contributed by atoms with Gasteiger partial charge >= 0.3 is 24.3 Å². The zero-order valence-electron chi connectivity index (χ0n) is 18.7. The molecule has 0 aliphatic carbocycles. The molecule has 2 aliphatic heterocycles. The molecule has 2 aliphatic rings. The van der Waals surface area contributed by atoms with Crippen molar-refractivity contribution < 1.29 is 50.9 Å². The van der Waals surface area contributed by atoms with Gasteiger partial charge < -0.3 is 36.6 Å². The Morgan fingerprint density at radius 2 is 1.60 bits per heavy atom. The Bertz CT molecular complexity index is 859. The molecule has 1 aromatic heterocycles. The number of nitrogens with zero attached hydrogens (tertiary/aromatic N) is 3. The Kier molecular flexibility index (Phi) is 10.2. The van der Waals surface area contributed by atoms with Crippen molar-refractivity contribution >= 4 is 29.5 Å². The van der Waals surface area contributed by atoms with Crippen LogP contribution >= 0.6 is 0 Å². The largest absolute Gasteiger partial charge is 0.490 e. The Balaban J connectivity index is 0.000000362. The van der Waals surface area contributed by atoms with Crippen molar-refractivity contribution in [2.45, 2.75) is 51.1 Å². The first-order valence-electron chi connectivity index (χ1n) is 10.1. The van der Waals surface area contributed by atoms with Crippen LogP contribution in [-0.2, 0) is 9.59 Å². The Labute approximate surface area is 195 Å². The third-order valence-corrected chi connectivity index (χ3v) is 4.68. The Morgan fingerprint density at radius 1 is 1.09 bits per heavy atom. The zero-order valence-corrected chi connectivity index (χ0v) is 18.7. The molecule has 0 spiro atoms. The van der Waals surface area contributed by atoms with E-state index in [1.54, 1.807) is 0 Å². The first-order chi connectivity index (χ1) is 15.9. The number of nitrogen functional groups attached to an aromatic ring is 1. The molecule has 1 aromatic rings. The van der Waals surface area contributed by atoms with Crippen LogP contribution < -0.4 is 26.4 Å². The van der Waals surface area contributed by atoms with E-state index in [0.717, 1.165) is 31.7 Å². The molecule has 1 fully saturated rings. The second kappa shape index (κ2) is 11.9. The lowest BCUT2D eigenvalue weighted by molar-refractivity contribution is -0.193. The number of halogens is 6. The molecule has 3 rings (SSSR count). The minimum atomic E-state index is -5.08. The normalized spacial score (nSPS) is 19.7. The number of nitrogens with one attached hydrogen (secondary N) is 1. The molecule has 0 radical (unpaired) electrons. The summed E-state index contributed by atoms with van der Waals surface area (Å²) < 4.78 is 69.4. The molecular weight excluding hydrogens is 494 g/mol. The van der Waals surface area contributed by atoms with E-state index < -0.39 is 24.3 Å². The van der Waals surface area contributed by atoms with Crippen molar-refractivity contribution in [2.75, 3.05) is 35.6 Å². The van der Waals surface area contributed by atoms with Gasteiger partial charge in [0.05, 0.1) is 6.61 Å². The Hall–Kier alpha value is -3.24. The van der Waals surface area contributed by atoms with Gasteiger partial charge in [0.15, 0.2) is 11.6 Å². The molecule has 0 saturated carbocycles. The maximum atomic E-state index is 10.6. The first-order valence-corrected chi connectivity index (χ1v) is 10.1. The molecular formula is C18H26F6N6O5. The van der Waals surface area contributed by atoms with Gasteiger partial charge in [-0.2, -0.15) is 36.3 Å². The second-order valence-corrected chi connectivity index (χ2v) is 7.82. The van der Waals surface area contributed by atoms with Crippen molar-refractivity contribution in [3.8, 4) is 5.75 Å². The molecule has 3 heterocycles. The minimum absolute atomic E-state index is 0.180. The van der Waals surface area contributed by atoms with Crippen LogP contribution in [0.5, 0.6) is 5.75 Å². The van der Waals surface area contributed by atoms with Gasteiger partial charge in [-0.05, 0) is 12.3 Å². The van der Waals surface area contributed by atoms with E-state index in [1.165, 1.54) is 0 Å². The number of hydrogen-bond acceptors (Lipinski definition) is 9. The van der Waals surface area contributed by atoms with E-state index >= 15 is 0 Å². The summed E-state index contributed by atoms with van der Waals surface area (Å²) in [6, 6.07) is 0.508. The number of alkyl halides is 6. The van der Waals surface area contributed by atoms with Crippen LogP contribution in [0.15, 0.2) is 0 Å². The summed E-state index contributed by atoms with van der Waals surface area (Å²) in [6.07, 6.45) is -8.27. The van der Waals surface area contributed by atoms with Gasteiger partial charge in [-0.15, -0.1) is 0 Å². The van der Waals surface area contributed by atoms with E-state index in [-0.39, 0.29) is 12.0 Å². The minimum Gasteiger partial charge on any atom is -0.486 e. The number of anilines is 3. The van der Waals surface area contributed by atoms with Crippen molar-refractivity contribution in [3.63, 3.8) is 0 Å². The first kappa shape index (κ1) is 29.8. The van der Waals surface area contributed by atoms with Crippen LogP contribution in [-0.4, -0.2) is 76.3 Å². The van der Waals surface area contributed by atoms with Crippen molar-refractivity contribution in [3.05, 3.63) is 0 Å². The highest BCUT2D eigenvalue weighted by Gasteiger charge is 2.39. The van der Waals surface area contributed by atoms with E-state index in [0.29, 0.717) is 30.1 Å². The predicted octanol–water partition coefficient (Wildman–Crippen LogP) is 2.08. The number of carboxylic acids is 2. The van der Waals surface area contributed by atoms with Gasteiger partial charge in [0, 0.05) is 31.6 Å². The lowest BCUT2D eigenvalue weighted by Gasteiger charge is -2.22. The number of carbonyl (C=O) groups is 2. The fraction of sp³-hybridized carbons (Fsp3) is 0.667. The van der Waals surface area contributed by atoms with Gasteiger partial charge in [0.2, 0.25) is 11.7 Å². The number of nitrogens with two attached hydrogens (primary N) is 2. The fourth-order valence-electron chi connectivity index (χ4n) is 2.92. The van der Waals surface area contributed by atoms with Gasteiger partial charge in [0.25, 0.3) is 0 Å². The lowest BCUT2D eigenvalue weighted by atomic mass is 10.0. The SMILES string of the molecule is CC(C)[C@@H]1CCOc2c(nc(N)nc2N2CC[C@@H](N)C2)N1.O=C(O)C(F)(F)F.O=C(O)C(F)(F)F. The highest BCUT2D eigenvalue weighted by molar-refractivity contribution is 5.73.